The highest BCUT2D eigenvalue weighted by atomic mass is 79.9. The third kappa shape index (κ3) is 2.67. The molecule has 0 aliphatic heterocycles. The maximum Gasteiger partial charge on any atom is 0.162 e. The summed E-state index contributed by atoms with van der Waals surface area (Å²) in [7, 11) is 0. The molecule has 0 aliphatic carbocycles. The molecule has 0 unspecified atom stereocenters. The Morgan fingerprint density at radius 3 is 2.23 bits per heavy atom. The van der Waals surface area contributed by atoms with Gasteiger partial charge in [0.25, 0.3) is 0 Å². The predicted molar refractivity (Wildman–Crippen MR) is 57.2 cm³/mol. The largest absolute Gasteiger partial charge is 0.235 e. The molecule has 0 fully saturated rings. The van der Waals surface area contributed by atoms with Crippen molar-refractivity contribution in [3.8, 4) is 0 Å². The van der Waals surface area contributed by atoms with Gasteiger partial charge in [0.1, 0.15) is 5.69 Å². The first-order chi connectivity index (χ1) is 6.00. The van der Waals surface area contributed by atoms with E-state index in [1.807, 2.05) is 6.92 Å². The summed E-state index contributed by atoms with van der Waals surface area (Å²) < 4.78 is 1.33. The molecule has 1 rings (SSSR count). The number of rotatable bonds is 2. The zero-order chi connectivity index (χ0) is 10.0. The second kappa shape index (κ2) is 4.06. The fraction of sp³-hybridized carbons (Fsp3) is 0.143. The van der Waals surface area contributed by atoms with Crippen LogP contribution in [0.5, 0.6) is 0 Å². The first-order valence-corrected chi connectivity index (χ1v) is 4.96. The highest BCUT2D eigenvalue weighted by Crippen LogP contribution is 2.31. The average molecular weight is 310 g/mol. The van der Waals surface area contributed by atoms with E-state index in [-0.39, 0.29) is 0 Å². The minimum Gasteiger partial charge on any atom is -0.235 e. The number of nitrogens with zero attached hydrogens (tertiary/aromatic N) is 1. The molecule has 0 aliphatic rings. The molecule has 70 valence electrons. The van der Waals surface area contributed by atoms with Gasteiger partial charge in [-0.3, -0.25) is 0 Å². The minimum absolute atomic E-state index is 0.426. The highest BCUT2D eigenvalue weighted by Gasteiger charge is 2.09. The first kappa shape index (κ1) is 10.5. The van der Waals surface area contributed by atoms with Crippen LogP contribution < -0.4 is 5.43 Å². The van der Waals surface area contributed by atoms with Crippen LogP contribution in [-0.4, -0.2) is 5.03 Å². The van der Waals surface area contributed by atoms with Gasteiger partial charge in [-0.15, -0.1) is 5.43 Å². The normalized spacial score (nSPS) is 9.77. The third-order valence-electron chi connectivity index (χ3n) is 1.39. The number of nitro groups is 1. The lowest BCUT2D eigenvalue weighted by molar-refractivity contribution is -0.445. The summed E-state index contributed by atoms with van der Waals surface area (Å²) in [5.41, 5.74) is 3.54. The van der Waals surface area contributed by atoms with E-state index in [2.05, 4.69) is 37.3 Å². The Morgan fingerprint density at radius 2 is 1.85 bits per heavy atom. The number of aryl methyl sites for hydroxylation is 1. The zero-order valence-corrected chi connectivity index (χ0v) is 9.85. The van der Waals surface area contributed by atoms with Crippen molar-refractivity contribution in [3.63, 3.8) is 0 Å². The first-order valence-electron chi connectivity index (χ1n) is 3.37. The number of hydrogen-bond donors (Lipinski definition) is 1. The Labute approximate surface area is 91.7 Å². The second-order valence-electron chi connectivity index (χ2n) is 2.47. The number of benzene rings is 1. The molecule has 0 saturated heterocycles. The number of halogens is 2. The van der Waals surface area contributed by atoms with Gasteiger partial charge in [-0.2, -0.15) is 0 Å². The second-order valence-corrected chi connectivity index (χ2v) is 4.18. The lowest BCUT2D eigenvalue weighted by Gasteiger charge is -2.04. The van der Waals surface area contributed by atoms with Crippen LogP contribution in [-0.2, 0) is 0 Å². The molecule has 6 heteroatoms. The van der Waals surface area contributed by atoms with Gasteiger partial charge in [0, 0.05) is 8.95 Å². The van der Waals surface area contributed by atoms with Crippen LogP contribution in [0.3, 0.4) is 0 Å². The van der Waals surface area contributed by atoms with Crippen LogP contribution in [0.4, 0.5) is 5.69 Å². The molecular weight excluding hydrogens is 304 g/mol. The molecule has 0 spiro atoms. The molecule has 0 aromatic heterocycles. The summed E-state index contributed by atoms with van der Waals surface area (Å²) in [5.74, 6) is 0. The van der Waals surface area contributed by atoms with Crippen molar-refractivity contribution in [1.29, 1.82) is 0 Å². The Bertz CT molecular complexity index is 331. The van der Waals surface area contributed by atoms with Crippen molar-refractivity contribution in [3.05, 3.63) is 36.8 Å². The molecule has 1 aromatic carbocycles. The number of hydrogen-bond acceptors (Lipinski definition) is 2. The molecular formula is C7H6Br2N2O2. The Balaban J connectivity index is 3.13. The van der Waals surface area contributed by atoms with Crippen LogP contribution in [0.25, 0.3) is 0 Å². The van der Waals surface area contributed by atoms with E-state index < -0.39 is 5.03 Å². The number of anilines is 1. The van der Waals surface area contributed by atoms with E-state index in [4.69, 9.17) is 0 Å². The molecule has 0 bridgehead atoms. The minimum atomic E-state index is -0.597. The van der Waals surface area contributed by atoms with E-state index in [1.54, 1.807) is 12.1 Å². The Kier molecular flexibility index (Phi) is 3.27. The third-order valence-corrected chi connectivity index (χ3v) is 2.64. The molecule has 0 atom stereocenters. The van der Waals surface area contributed by atoms with Crippen molar-refractivity contribution in [1.82, 2.24) is 0 Å². The van der Waals surface area contributed by atoms with Gasteiger partial charge >= 0.3 is 0 Å². The lowest BCUT2D eigenvalue weighted by Crippen LogP contribution is -2.08. The topological polar surface area (TPSA) is 55.2 Å². The zero-order valence-electron chi connectivity index (χ0n) is 6.67. The fourth-order valence-electron chi connectivity index (χ4n) is 0.898. The van der Waals surface area contributed by atoms with E-state index in [9.17, 15) is 10.1 Å². The summed E-state index contributed by atoms with van der Waals surface area (Å²) in [6.07, 6.45) is 0. The van der Waals surface area contributed by atoms with Crippen molar-refractivity contribution in [2.45, 2.75) is 6.92 Å². The fourth-order valence-corrected chi connectivity index (χ4v) is 2.49. The summed E-state index contributed by atoms with van der Waals surface area (Å²) >= 11 is 6.46. The molecule has 13 heavy (non-hydrogen) atoms. The quantitative estimate of drug-likeness (QED) is 0.674. The molecule has 0 heterocycles. The summed E-state index contributed by atoms with van der Waals surface area (Å²) in [4.78, 5) is 10.2. The molecule has 0 saturated carbocycles. The van der Waals surface area contributed by atoms with Crippen molar-refractivity contribution < 1.29 is 5.03 Å². The molecule has 0 radical (unpaired) electrons. The number of hydrazine groups is 1. The van der Waals surface area contributed by atoms with E-state index >= 15 is 0 Å². The molecule has 1 aromatic rings. The van der Waals surface area contributed by atoms with Crippen LogP contribution in [0.1, 0.15) is 5.56 Å². The van der Waals surface area contributed by atoms with Gasteiger partial charge in [0.05, 0.1) is 0 Å². The van der Waals surface area contributed by atoms with Gasteiger partial charge in [0.2, 0.25) is 0 Å². The SMILES string of the molecule is Cc1cc(Br)c(N[N+](=O)[O-])c(Br)c1. The van der Waals surface area contributed by atoms with E-state index in [1.165, 1.54) is 0 Å². The Hall–Kier alpha value is -0.620. The van der Waals surface area contributed by atoms with Gasteiger partial charge in [-0.1, -0.05) is 0 Å². The molecule has 4 nitrogen and oxygen atoms in total. The monoisotopic (exact) mass is 308 g/mol. The average Bonchev–Trinajstić information content (AvgIpc) is 1.96. The van der Waals surface area contributed by atoms with Crippen LogP contribution >= 0.6 is 31.9 Å². The lowest BCUT2D eigenvalue weighted by atomic mass is 10.2. The van der Waals surface area contributed by atoms with Crippen LogP contribution in [0.2, 0.25) is 0 Å². The summed E-state index contributed by atoms with van der Waals surface area (Å²) in [5, 5.41) is 9.61. The maximum atomic E-state index is 10.2. The van der Waals surface area contributed by atoms with Crippen LogP contribution in [0.15, 0.2) is 21.1 Å². The van der Waals surface area contributed by atoms with Crippen LogP contribution in [0, 0.1) is 17.0 Å². The summed E-state index contributed by atoms with van der Waals surface area (Å²) in [6, 6.07) is 3.60. The standard InChI is InChI=1S/C7H6Br2N2O2/c1-4-2-5(8)7(6(9)3-4)10-11(12)13/h2-3,10H,1H3. The maximum absolute atomic E-state index is 10.2. The number of nitrogens with one attached hydrogen (secondary N) is 1. The van der Waals surface area contributed by atoms with Gasteiger partial charge in [-0.25, -0.2) is 10.1 Å². The van der Waals surface area contributed by atoms with Gasteiger partial charge in [-0.05, 0) is 56.5 Å². The Morgan fingerprint density at radius 1 is 1.38 bits per heavy atom. The molecule has 0 amide bonds. The summed E-state index contributed by atoms with van der Waals surface area (Å²) in [6.45, 7) is 1.91. The molecule has 1 N–H and O–H groups in total. The van der Waals surface area contributed by atoms with E-state index in [0.29, 0.717) is 14.6 Å². The predicted octanol–water partition coefficient (Wildman–Crippen LogP) is 3.12. The highest BCUT2D eigenvalue weighted by molar-refractivity contribution is 9.11. The van der Waals surface area contributed by atoms with Crippen molar-refractivity contribution in [2.24, 2.45) is 0 Å². The van der Waals surface area contributed by atoms with Crippen molar-refractivity contribution >= 4 is 37.5 Å². The van der Waals surface area contributed by atoms with Gasteiger partial charge < -0.3 is 0 Å². The van der Waals surface area contributed by atoms with Crippen molar-refractivity contribution in [2.75, 3.05) is 5.43 Å². The van der Waals surface area contributed by atoms with E-state index in [0.717, 1.165) is 5.56 Å². The smallest absolute Gasteiger partial charge is 0.162 e. The van der Waals surface area contributed by atoms with Gasteiger partial charge in [0.15, 0.2) is 5.03 Å².